The second-order valence-corrected chi connectivity index (χ2v) is 6.61. The van der Waals surface area contributed by atoms with Crippen molar-refractivity contribution in [3.63, 3.8) is 0 Å². The van der Waals surface area contributed by atoms with Crippen molar-refractivity contribution in [3.05, 3.63) is 51.7 Å². The van der Waals surface area contributed by atoms with Crippen molar-refractivity contribution in [1.82, 2.24) is 4.90 Å². The molecule has 1 N–H and O–H groups in total. The van der Waals surface area contributed by atoms with Crippen LogP contribution < -0.4 is 5.32 Å². The number of hydrogen-bond acceptors (Lipinski definition) is 2. The van der Waals surface area contributed by atoms with Crippen LogP contribution in [0.25, 0.3) is 0 Å². The predicted molar refractivity (Wildman–Crippen MR) is 90.7 cm³/mol. The molecule has 0 radical (unpaired) electrons. The van der Waals surface area contributed by atoms with Crippen molar-refractivity contribution < 1.29 is 0 Å². The van der Waals surface area contributed by atoms with Crippen LogP contribution in [-0.4, -0.2) is 16.6 Å². The Bertz CT molecular complexity index is 580. The molecule has 0 amide bonds. The molecule has 3 rings (SSSR count). The molecule has 5 heteroatoms. The fourth-order valence-electron chi connectivity index (χ4n) is 2.51. The Morgan fingerprint density at radius 3 is 2.80 bits per heavy atom. The lowest BCUT2D eigenvalue weighted by atomic mass is 10.2. The van der Waals surface area contributed by atoms with Crippen molar-refractivity contribution in [1.29, 1.82) is 0 Å². The lowest BCUT2D eigenvalue weighted by Gasteiger charge is -2.27. The van der Waals surface area contributed by atoms with Crippen LogP contribution >= 0.6 is 35.2 Å². The van der Waals surface area contributed by atoms with Gasteiger partial charge in [0, 0.05) is 22.1 Å². The summed E-state index contributed by atoms with van der Waals surface area (Å²) in [6.45, 7) is 1.02. The zero-order valence-corrected chi connectivity index (χ0v) is 13.3. The number of likely N-dealkylation sites (tertiary alicyclic amines) is 1. The van der Waals surface area contributed by atoms with Crippen molar-refractivity contribution in [2.45, 2.75) is 18.9 Å². The number of anilines is 1. The summed E-state index contributed by atoms with van der Waals surface area (Å²) < 4.78 is 0. The zero-order valence-electron chi connectivity index (χ0n) is 10.9. The van der Waals surface area contributed by atoms with E-state index in [1.807, 2.05) is 24.3 Å². The van der Waals surface area contributed by atoms with Crippen LogP contribution in [0.1, 0.15) is 23.8 Å². The Kier molecular flexibility index (Phi) is 4.24. The van der Waals surface area contributed by atoms with E-state index in [9.17, 15) is 0 Å². The van der Waals surface area contributed by atoms with Crippen molar-refractivity contribution in [2.75, 3.05) is 11.9 Å². The molecule has 1 saturated heterocycles. The maximum atomic E-state index is 5.90. The van der Waals surface area contributed by atoms with E-state index in [2.05, 4.69) is 27.7 Å². The maximum absolute atomic E-state index is 5.90. The Morgan fingerprint density at radius 2 is 2.10 bits per heavy atom. The molecule has 2 aromatic rings. The van der Waals surface area contributed by atoms with Gasteiger partial charge in [0.05, 0.1) is 6.04 Å². The first-order valence-electron chi connectivity index (χ1n) is 6.60. The molecular weight excluding hydrogens is 308 g/mol. The molecule has 2 heterocycles. The second-order valence-electron chi connectivity index (χ2n) is 4.80. The number of halogens is 1. The van der Waals surface area contributed by atoms with Crippen molar-refractivity contribution >= 4 is 46.0 Å². The highest BCUT2D eigenvalue weighted by molar-refractivity contribution is 7.80. The highest BCUT2D eigenvalue weighted by Crippen LogP contribution is 2.34. The van der Waals surface area contributed by atoms with E-state index in [4.69, 9.17) is 23.8 Å². The van der Waals surface area contributed by atoms with Crippen LogP contribution in [0.15, 0.2) is 41.8 Å². The smallest absolute Gasteiger partial charge is 0.173 e. The number of nitrogens with one attached hydrogen (secondary N) is 1. The van der Waals surface area contributed by atoms with Gasteiger partial charge in [-0.05, 0) is 60.8 Å². The molecule has 1 aliphatic heterocycles. The van der Waals surface area contributed by atoms with Gasteiger partial charge in [0.15, 0.2) is 5.11 Å². The van der Waals surface area contributed by atoms with Crippen LogP contribution in [-0.2, 0) is 0 Å². The first-order chi connectivity index (χ1) is 9.74. The SMILES string of the molecule is S=C(Nc1ccc(Cl)cc1)N1CCC[C@@H]1c1cccs1. The molecule has 1 aliphatic rings. The summed E-state index contributed by atoms with van der Waals surface area (Å²) >= 11 is 13.3. The van der Waals surface area contributed by atoms with E-state index in [0.717, 1.165) is 22.4 Å². The minimum atomic E-state index is 0.419. The summed E-state index contributed by atoms with van der Waals surface area (Å²) in [5.74, 6) is 0. The predicted octanol–water partition coefficient (Wildman–Crippen LogP) is 4.94. The van der Waals surface area contributed by atoms with Crippen LogP contribution in [0.5, 0.6) is 0 Å². The van der Waals surface area contributed by atoms with Gasteiger partial charge in [0.25, 0.3) is 0 Å². The van der Waals surface area contributed by atoms with Gasteiger partial charge in [0.1, 0.15) is 0 Å². The minimum Gasteiger partial charge on any atom is -0.341 e. The summed E-state index contributed by atoms with van der Waals surface area (Å²) in [4.78, 5) is 3.68. The van der Waals surface area contributed by atoms with Crippen molar-refractivity contribution in [2.24, 2.45) is 0 Å². The molecule has 1 fully saturated rings. The molecule has 0 spiro atoms. The van der Waals surface area contributed by atoms with Gasteiger partial charge in [-0.1, -0.05) is 17.7 Å². The highest BCUT2D eigenvalue weighted by atomic mass is 35.5. The lowest BCUT2D eigenvalue weighted by molar-refractivity contribution is 0.412. The third kappa shape index (κ3) is 2.97. The first kappa shape index (κ1) is 13.9. The van der Waals surface area contributed by atoms with E-state index in [0.29, 0.717) is 6.04 Å². The lowest BCUT2D eigenvalue weighted by Crippen LogP contribution is -2.33. The highest BCUT2D eigenvalue weighted by Gasteiger charge is 2.28. The number of nitrogens with zero attached hydrogens (tertiary/aromatic N) is 1. The van der Waals surface area contributed by atoms with Crippen LogP contribution in [0.2, 0.25) is 5.02 Å². The Labute approximate surface area is 133 Å². The minimum absolute atomic E-state index is 0.419. The van der Waals surface area contributed by atoms with Crippen LogP contribution in [0, 0.1) is 0 Å². The van der Waals surface area contributed by atoms with Gasteiger partial charge in [-0.25, -0.2) is 0 Å². The summed E-state index contributed by atoms with van der Waals surface area (Å²) in [7, 11) is 0. The molecule has 2 nitrogen and oxygen atoms in total. The Hall–Kier alpha value is -1.10. The molecule has 0 aliphatic carbocycles. The average molecular weight is 323 g/mol. The van der Waals surface area contributed by atoms with E-state index in [1.54, 1.807) is 11.3 Å². The van der Waals surface area contributed by atoms with Crippen LogP contribution in [0.4, 0.5) is 5.69 Å². The van der Waals surface area contributed by atoms with E-state index < -0.39 is 0 Å². The summed E-state index contributed by atoms with van der Waals surface area (Å²) in [5, 5.41) is 6.96. The fraction of sp³-hybridized carbons (Fsp3) is 0.267. The first-order valence-corrected chi connectivity index (χ1v) is 8.27. The zero-order chi connectivity index (χ0) is 13.9. The summed E-state index contributed by atoms with van der Waals surface area (Å²) in [6, 6.07) is 12.4. The van der Waals surface area contributed by atoms with Crippen molar-refractivity contribution in [3.8, 4) is 0 Å². The molecule has 0 bridgehead atoms. The standard InChI is InChI=1S/C15H15ClN2S2/c16-11-5-7-12(8-6-11)17-15(19)18-9-1-3-13(18)14-4-2-10-20-14/h2,4-8,10,13H,1,3,9H2,(H,17,19)/t13-/m1/s1. The second kappa shape index (κ2) is 6.12. The fourth-order valence-corrected chi connectivity index (χ4v) is 3.85. The molecule has 20 heavy (non-hydrogen) atoms. The molecule has 0 unspecified atom stereocenters. The number of rotatable bonds is 2. The van der Waals surface area contributed by atoms with Gasteiger partial charge in [-0.15, -0.1) is 11.3 Å². The number of thiophene rings is 1. The molecule has 104 valence electrons. The molecule has 0 saturated carbocycles. The van der Waals surface area contributed by atoms with Gasteiger partial charge < -0.3 is 10.2 Å². The van der Waals surface area contributed by atoms with Gasteiger partial charge in [0.2, 0.25) is 0 Å². The quantitative estimate of drug-likeness (QED) is 0.789. The third-order valence-electron chi connectivity index (χ3n) is 3.48. The number of thiocarbonyl (C=S) groups is 1. The average Bonchev–Trinajstić information content (AvgIpc) is 3.11. The van der Waals surface area contributed by atoms with Gasteiger partial charge in [-0.3, -0.25) is 0 Å². The maximum Gasteiger partial charge on any atom is 0.173 e. The number of hydrogen-bond donors (Lipinski definition) is 1. The topological polar surface area (TPSA) is 15.3 Å². The number of benzene rings is 1. The van der Waals surface area contributed by atoms with Crippen LogP contribution in [0.3, 0.4) is 0 Å². The molecule has 1 aromatic carbocycles. The Morgan fingerprint density at radius 1 is 1.30 bits per heavy atom. The van der Waals surface area contributed by atoms with E-state index in [-0.39, 0.29) is 0 Å². The monoisotopic (exact) mass is 322 g/mol. The summed E-state index contributed by atoms with van der Waals surface area (Å²) in [6.07, 6.45) is 2.36. The van der Waals surface area contributed by atoms with E-state index >= 15 is 0 Å². The largest absolute Gasteiger partial charge is 0.341 e. The van der Waals surface area contributed by atoms with E-state index in [1.165, 1.54) is 17.7 Å². The Balaban J connectivity index is 1.71. The molecule has 1 aromatic heterocycles. The summed E-state index contributed by atoms with van der Waals surface area (Å²) in [5.41, 5.74) is 0.983. The molecule has 1 atom stereocenters. The van der Waals surface area contributed by atoms with Gasteiger partial charge >= 0.3 is 0 Å². The molecular formula is C15H15ClN2S2. The third-order valence-corrected chi connectivity index (χ3v) is 5.04. The normalized spacial score (nSPS) is 18.2. The van der Waals surface area contributed by atoms with Gasteiger partial charge in [-0.2, -0.15) is 0 Å².